The summed E-state index contributed by atoms with van der Waals surface area (Å²) in [5.41, 5.74) is 3.33. The molecule has 1 aromatic heterocycles. The molecule has 0 bridgehead atoms. The highest BCUT2D eigenvalue weighted by atomic mass is 32.1. The van der Waals surface area contributed by atoms with Gasteiger partial charge in [0.2, 0.25) is 0 Å². The van der Waals surface area contributed by atoms with E-state index < -0.39 is 12.0 Å². The van der Waals surface area contributed by atoms with Crippen molar-refractivity contribution in [1.82, 2.24) is 4.57 Å². The lowest BCUT2D eigenvalue weighted by atomic mass is 9.90. The minimum absolute atomic E-state index is 0.211. The SMILES string of the molecule is CCOC(=O)C1=C(C)N=c2s/c(=C/c3ccc(N(C)C)cc3)c(=O)n2[C@H]1c1c(OC)ccc2ccccc12. The molecule has 38 heavy (non-hydrogen) atoms. The first-order valence-corrected chi connectivity index (χ1v) is 13.2. The van der Waals surface area contributed by atoms with Crippen LogP contribution in [0.1, 0.15) is 31.0 Å². The quantitative estimate of drug-likeness (QED) is 0.354. The lowest BCUT2D eigenvalue weighted by molar-refractivity contribution is -0.139. The van der Waals surface area contributed by atoms with Crippen molar-refractivity contribution in [3.05, 3.63) is 103 Å². The molecule has 0 fully saturated rings. The van der Waals surface area contributed by atoms with Gasteiger partial charge in [-0.1, -0.05) is 53.8 Å². The molecule has 4 aromatic rings. The Balaban J connectivity index is 1.80. The topological polar surface area (TPSA) is 73.1 Å². The van der Waals surface area contributed by atoms with Crippen LogP contribution in [0.3, 0.4) is 0 Å². The molecule has 1 aliphatic rings. The van der Waals surface area contributed by atoms with E-state index in [1.54, 1.807) is 25.5 Å². The van der Waals surface area contributed by atoms with Crippen molar-refractivity contribution < 1.29 is 14.3 Å². The van der Waals surface area contributed by atoms with Gasteiger partial charge in [0.1, 0.15) is 11.8 Å². The van der Waals surface area contributed by atoms with Gasteiger partial charge in [-0.25, -0.2) is 9.79 Å². The number of fused-ring (bicyclic) bond motifs is 2. The summed E-state index contributed by atoms with van der Waals surface area (Å²) >= 11 is 1.31. The largest absolute Gasteiger partial charge is 0.496 e. The van der Waals surface area contributed by atoms with Gasteiger partial charge in [-0.2, -0.15) is 0 Å². The number of nitrogens with zero attached hydrogens (tertiary/aromatic N) is 3. The zero-order valence-electron chi connectivity index (χ0n) is 22.0. The van der Waals surface area contributed by atoms with Crippen LogP contribution in [0, 0.1) is 0 Å². The van der Waals surface area contributed by atoms with Crippen molar-refractivity contribution >= 4 is 39.8 Å². The zero-order chi connectivity index (χ0) is 27.0. The number of hydrogen-bond acceptors (Lipinski definition) is 7. The zero-order valence-corrected chi connectivity index (χ0v) is 22.8. The van der Waals surface area contributed by atoms with Crippen molar-refractivity contribution in [3.63, 3.8) is 0 Å². The second-order valence-electron chi connectivity index (χ2n) is 9.19. The van der Waals surface area contributed by atoms with Crippen molar-refractivity contribution in [2.24, 2.45) is 4.99 Å². The number of rotatable bonds is 6. The minimum Gasteiger partial charge on any atom is -0.496 e. The van der Waals surface area contributed by atoms with E-state index in [2.05, 4.69) is 0 Å². The molecule has 5 rings (SSSR count). The third-order valence-corrected chi connectivity index (χ3v) is 7.63. The highest BCUT2D eigenvalue weighted by Gasteiger charge is 2.36. The predicted octanol–water partition coefficient (Wildman–Crippen LogP) is 4.03. The Morgan fingerprint density at radius 3 is 2.53 bits per heavy atom. The number of carbonyl (C=O) groups is 1. The highest BCUT2D eigenvalue weighted by molar-refractivity contribution is 7.07. The molecule has 0 spiro atoms. The predicted molar refractivity (Wildman–Crippen MR) is 152 cm³/mol. The van der Waals surface area contributed by atoms with E-state index in [1.165, 1.54) is 11.3 Å². The second-order valence-corrected chi connectivity index (χ2v) is 10.2. The summed E-state index contributed by atoms with van der Waals surface area (Å²) in [6, 6.07) is 18.9. The molecule has 0 saturated carbocycles. The summed E-state index contributed by atoms with van der Waals surface area (Å²) in [6.45, 7) is 3.76. The molecule has 0 saturated heterocycles. The number of esters is 1. The first-order valence-electron chi connectivity index (χ1n) is 12.4. The Morgan fingerprint density at radius 2 is 1.84 bits per heavy atom. The van der Waals surface area contributed by atoms with Crippen LogP contribution in [0.25, 0.3) is 16.8 Å². The molecular weight excluding hydrogens is 498 g/mol. The summed E-state index contributed by atoms with van der Waals surface area (Å²) in [7, 11) is 5.56. The van der Waals surface area contributed by atoms with E-state index in [-0.39, 0.29) is 12.2 Å². The minimum atomic E-state index is -0.760. The maximum Gasteiger partial charge on any atom is 0.338 e. The Labute approximate surface area is 224 Å². The first-order chi connectivity index (χ1) is 18.3. The molecule has 0 aliphatic carbocycles. The number of anilines is 1. The van der Waals surface area contributed by atoms with E-state index in [1.807, 2.05) is 85.7 Å². The van der Waals surface area contributed by atoms with Crippen LogP contribution in [0.5, 0.6) is 5.75 Å². The van der Waals surface area contributed by atoms with E-state index in [4.69, 9.17) is 14.5 Å². The van der Waals surface area contributed by atoms with Gasteiger partial charge in [0.15, 0.2) is 4.80 Å². The van der Waals surface area contributed by atoms with Gasteiger partial charge in [0.05, 0.1) is 29.5 Å². The Bertz CT molecular complexity index is 1750. The van der Waals surface area contributed by atoms with Gasteiger partial charge in [-0.15, -0.1) is 0 Å². The number of carbonyl (C=O) groups excluding carboxylic acids is 1. The fraction of sp³-hybridized carbons (Fsp3) is 0.233. The Morgan fingerprint density at radius 1 is 1.11 bits per heavy atom. The number of ether oxygens (including phenoxy) is 2. The average molecular weight is 528 g/mol. The highest BCUT2D eigenvalue weighted by Crippen LogP contribution is 2.40. The Hall–Kier alpha value is -4.17. The lowest BCUT2D eigenvalue weighted by Crippen LogP contribution is -2.40. The van der Waals surface area contributed by atoms with Gasteiger partial charge < -0.3 is 14.4 Å². The first kappa shape index (κ1) is 25.5. The molecule has 0 N–H and O–H groups in total. The standard InChI is InChI=1S/C30H29N3O4S/c1-6-37-29(35)25-18(2)31-30-33(27(25)26-22-10-8-7-9-20(22)13-16-23(26)36-5)28(34)24(38-30)17-19-11-14-21(15-12-19)32(3)4/h7-17,27H,6H2,1-5H3/b24-17+/t27-/m1/s1. The molecule has 2 heterocycles. The molecule has 1 atom stereocenters. The van der Waals surface area contributed by atoms with E-state index >= 15 is 0 Å². The fourth-order valence-electron chi connectivity index (χ4n) is 4.82. The van der Waals surface area contributed by atoms with Crippen molar-refractivity contribution in [1.29, 1.82) is 0 Å². The number of hydrogen-bond donors (Lipinski definition) is 0. The van der Waals surface area contributed by atoms with Crippen LogP contribution in [0.4, 0.5) is 5.69 Å². The molecule has 3 aromatic carbocycles. The monoisotopic (exact) mass is 527 g/mol. The number of benzene rings is 3. The van der Waals surface area contributed by atoms with E-state index in [0.29, 0.717) is 26.4 Å². The number of methoxy groups -OCH3 is 1. The summed E-state index contributed by atoms with van der Waals surface area (Å²) in [6.07, 6.45) is 1.87. The number of thiazole rings is 1. The van der Waals surface area contributed by atoms with Gasteiger partial charge in [0, 0.05) is 25.3 Å². The number of aromatic nitrogens is 1. The van der Waals surface area contributed by atoms with Crippen LogP contribution in [-0.2, 0) is 9.53 Å². The molecule has 0 amide bonds. The molecule has 8 heteroatoms. The third kappa shape index (κ3) is 4.41. The molecule has 7 nitrogen and oxygen atoms in total. The van der Waals surface area contributed by atoms with Crippen LogP contribution in [0.2, 0.25) is 0 Å². The summed E-state index contributed by atoms with van der Waals surface area (Å²) in [5, 5.41) is 1.87. The Kier molecular flexibility index (Phi) is 6.91. The van der Waals surface area contributed by atoms with Crippen molar-refractivity contribution in [3.8, 4) is 5.75 Å². The lowest BCUT2D eigenvalue weighted by Gasteiger charge is -2.27. The van der Waals surface area contributed by atoms with Crippen molar-refractivity contribution in [2.75, 3.05) is 32.7 Å². The van der Waals surface area contributed by atoms with Crippen LogP contribution in [0.15, 0.2) is 81.7 Å². The fourth-order valence-corrected chi connectivity index (χ4v) is 5.87. The molecule has 0 unspecified atom stereocenters. The maximum atomic E-state index is 14.0. The van der Waals surface area contributed by atoms with Crippen LogP contribution in [-0.4, -0.2) is 38.3 Å². The second kappa shape index (κ2) is 10.3. The normalized spacial score (nSPS) is 15.3. The van der Waals surface area contributed by atoms with Gasteiger partial charge in [-0.3, -0.25) is 9.36 Å². The molecule has 0 radical (unpaired) electrons. The maximum absolute atomic E-state index is 14.0. The van der Waals surface area contributed by atoms with Gasteiger partial charge in [-0.05, 0) is 54.5 Å². The van der Waals surface area contributed by atoms with Crippen LogP contribution < -0.4 is 24.5 Å². The molecular formula is C30H29N3O4S. The van der Waals surface area contributed by atoms with Gasteiger partial charge in [0.25, 0.3) is 5.56 Å². The third-order valence-electron chi connectivity index (χ3n) is 6.65. The van der Waals surface area contributed by atoms with Crippen molar-refractivity contribution in [2.45, 2.75) is 19.9 Å². The average Bonchev–Trinajstić information content (AvgIpc) is 3.21. The van der Waals surface area contributed by atoms with Gasteiger partial charge >= 0.3 is 5.97 Å². The molecule has 194 valence electrons. The summed E-state index contributed by atoms with van der Waals surface area (Å²) in [5.74, 6) is 0.0846. The summed E-state index contributed by atoms with van der Waals surface area (Å²) < 4.78 is 13.4. The van der Waals surface area contributed by atoms with Crippen LogP contribution >= 0.6 is 11.3 Å². The number of allylic oxidation sites excluding steroid dienone is 1. The summed E-state index contributed by atoms with van der Waals surface area (Å²) in [4.78, 5) is 34.6. The molecule has 1 aliphatic heterocycles. The smallest absolute Gasteiger partial charge is 0.338 e. The van der Waals surface area contributed by atoms with E-state index in [9.17, 15) is 9.59 Å². The van der Waals surface area contributed by atoms with E-state index in [0.717, 1.165) is 27.6 Å².